The van der Waals surface area contributed by atoms with Crippen LogP contribution in [0.3, 0.4) is 0 Å². The van der Waals surface area contributed by atoms with Gasteiger partial charge in [-0.15, -0.1) is 0 Å². The Hall–Kier alpha value is -1.16. The molecule has 2 aromatic rings. The maximum atomic E-state index is 5.87. The Bertz CT molecular complexity index is 513. The molecule has 0 aliphatic heterocycles. The first-order valence-electron chi connectivity index (χ1n) is 5.52. The minimum Gasteiger partial charge on any atom is -0.493 e. The lowest BCUT2D eigenvalue weighted by Gasteiger charge is -2.13. The maximum Gasteiger partial charge on any atom is 0.193 e. The maximum absolute atomic E-state index is 5.87. The van der Waals surface area contributed by atoms with Crippen molar-refractivity contribution >= 4 is 23.2 Å². The number of hydrogen-bond acceptors (Lipinski definition) is 3. The van der Waals surface area contributed by atoms with E-state index in [4.69, 9.17) is 38.1 Å². The van der Waals surface area contributed by atoms with Crippen LogP contribution in [0.1, 0.15) is 11.7 Å². The second-order valence-electron chi connectivity index (χ2n) is 3.84. The second kappa shape index (κ2) is 6.14. The van der Waals surface area contributed by atoms with Crippen LogP contribution < -0.4 is 10.5 Å². The highest BCUT2D eigenvalue weighted by atomic mass is 35.5. The predicted octanol–water partition coefficient (Wildman–Crippen LogP) is 3.71. The first kappa shape index (κ1) is 13.3. The highest BCUT2D eigenvalue weighted by Crippen LogP contribution is 2.23. The lowest BCUT2D eigenvalue weighted by atomic mass is 10.1. The molecule has 1 atom stereocenters. The van der Waals surface area contributed by atoms with Gasteiger partial charge in [-0.25, -0.2) is 0 Å². The van der Waals surface area contributed by atoms with Crippen molar-refractivity contribution in [3.8, 4) is 5.75 Å². The summed E-state index contributed by atoms with van der Waals surface area (Å²) in [6.45, 7) is 0.838. The van der Waals surface area contributed by atoms with Gasteiger partial charge in [-0.05, 0) is 41.9 Å². The average Bonchev–Trinajstić information content (AvgIpc) is 2.77. The molecule has 0 amide bonds. The van der Waals surface area contributed by atoms with Crippen molar-refractivity contribution in [2.24, 2.45) is 5.73 Å². The SMILES string of the molecule is NCC(COc1cccc(Cl)c1)c1ccc(Cl)o1. The molecule has 18 heavy (non-hydrogen) atoms. The normalized spacial score (nSPS) is 12.4. The minimum absolute atomic E-state index is 0.0310. The smallest absolute Gasteiger partial charge is 0.193 e. The van der Waals surface area contributed by atoms with Crippen LogP contribution in [0.15, 0.2) is 40.8 Å². The third-order valence-electron chi connectivity index (χ3n) is 2.53. The van der Waals surface area contributed by atoms with Crippen molar-refractivity contribution in [2.45, 2.75) is 5.92 Å². The lowest BCUT2D eigenvalue weighted by molar-refractivity contribution is 0.273. The lowest BCUT2D eigenvalue weighted by Crippen LogP contribution is -2.19. The minimum atomic E-state index is -0.0310. The molecule has 1 heterocycles. The third kappa shape index (κ3) is 3.42. The van der Waals surface area contributed by atoms with E-state index in [1.807, 2.05) is 12.1 Å². The molecule has 1 aromatic heterocycles. The zero-order valence-corrected chi connectivity index (χ0v) is 11.1. The molecule has 0 saturated heterocycles. The molecular formula is C13H13Cl2NO2. The van der Waals surface area contributed by atoms with E-state index < -0.39 is 0 Å². The van der Waals surface area contributed by atoms with Crippen molar-refractivity contribution in [2.75, 3.05) is 13.2 Å². The Balaban J connectivity index is 1.99. The van der Waals surface area contributed by atoms with Crippen LogP contribution >= 0.6 is 23.2 Å². The number of benzene rings is 1. The summed E-state index contributed by atoms with van der Waals surface area (Å²) in [5, 5.41) is 0.990. The van der Waals surface area contributed by atoms with E-state index in [0.717, 1.165) is 5.76 Å². The fourth-order valence-corrected chi connectivity index (χ4v) is 1.90. The van der Waals surface area contributed by atoms with E-state index in [1.54, 1.807) is 24.3 Å². The van der Waals surface area contributed by atoms with Crippen LogP contribution in [0.5, 0.6) is 5.75 Å². The van der Waals surface area contributed by atoms with E-state index >= 15 is 0 Å². The van der Waals surface area contributed by atoms with Gasteiger partial charge >= 0.3 is 0 Å². The van der Waals surface area contributed by atoms with E-state index in [-0.39, 0.29) is 5.92 Å². The fraction of sp³-hybridized carbons (Fsp3) is 0.231. The van der Waals surface area contributed by atoms with Crippen LogP contribution in [0.4, 0.5) is 0 Å². The monoisotopic (exact) mass is 285 g/mol. The van der Waals surface area contributed by atoms with Gasteiger partial charge in [0.25, 0.3) is 0 Å². The molecule has 0 bridgehead atoms. The summed E-state index contributed by atoms with van der Waals surface area (Å²) in [7, 11) is 0. The molecule has 0 aliphatic rings. The summed E-state index contributed by atoms with van der Waals surface area (Å²) < 4.78 is 11.0. The molecule has 2 N–H and O–H groups in total. The zero-order valence-electron chi connectivity index (χ0n) is 9.61. The van der Waals surface area contributed by atoms with Crippen LogP contribution in [0.25, 0.3) is 0 Å². The molecule has 1 aromatic carbocycles. The summed E-state index contributed by atoms with van der Waals surface area (Å²) in [6.07, 6.45) is 0. The summed E-state index contributed by atoms with van der Waals surface area (Å²) >= 11 is 11.6. The van der Waals surface area contributed by atoms with E-state index in [1.165, 1.54) is 0 Å². The van der Waals surface area contributed by atoms with Crippen LogP contribution in [-0.4, -0.2) is 13.2 Å². The topological polar surface area (TPSA) is 48.4 Å². The summed E-state index contributed by atoms with van der Waals surface area (Å²) in [5.74, 6) is 1.40. The van der Waals surface area contributed by atoms with Crippen molar-refractivity contribution < 1.29 is 9.15 Å². The van der Waals surface area contributed by atoms with Gasteiger partial charge in [0.05, 0.1) is 12.5 Å². The Kier molecular flexibility index (Phi) is 4.53. The number of ether oxygens (including phenoxy) is 1. The second-order valence-corrected chi connectivity index (χ2v) is 4.65. The Morgan fingerprint density at radius 3 is 2.67 bits per heavy atom. The molecule has 0 spiro atoms. The highest BCUT2D eigenvalue weighted by Gasteiger charge is 2.15. The van der Waals surface area contributed by atoms with Gasteiger partial charge < -0.3 is 14.9 Å². The number of rotatable bonds is 5. The molecule has 0 aliphatic carbocycles. The standard InChI is InChI=1S/C13H13Cl2NO2/c14-10-2-1-3-11(6-10)17-8-9(7-16)12-4-5-13(15)18-12/h1-6,9H,7-8,16H2. The summed E-state index contributed by atoms with van der Waals surface area (Å²) in [6, 6.07) is 10.7. The molecule has 1 unspecified atom stereocenters. The number of halogens is 2. The van der Waals surface area contributed by atoms with E-state index in [0.29, 0.717) is 29.1 Å². The largest absolute Gasteiger partial charge is 0.493 e. The molecule has 0 saturated carbocycles. The molecular weight excluding hydrogens is 273 g/mol. The highest BCUT2D eigenvalue weighted by molar-refractivity contribution is 6.30. The molecule has 5 heteroatoms. The van der Waals surface area contributed by atoms with Gasteiger partial charge in [0.15, 0.2) is 5.22 Å². The number of nitrogens with two attached hydrogens (primary N) is 1. The predicted molar refractivity (Wildman–Crippen MR) is 72.5 cm³/mol. The Labute approximate surface area is 115 Å². The summed E-state index contributed by atoms with van der Waals surface area (Å²) in [4.78, 5) is 0. The molecule has 2 rings (SSSR count). The first-order chi connectivity index (χ1) is 8.69. The quantitative estimate of drug-likeness (QED) is 0.911. The molecule has 96 valence electrons. The van der Waals surface area contributed by atoms with Gasteiger partial charge in [-0.3, -0.25) is 0 Å². The van der Waals surface area contributed by atoms with E-state index in [9.17, 15) is 0 Å². The Morgan fingerprint density at radius 1 is 1.22 bits per heavy atom. The zero-order chi connectivity index (χ0) is 13.0. The van der Waals surface area contributed by atoms with Gasteiger partial charge in [0.2, 0.25) is 0 Å². The van der Waals surface area contributed by atoms with E-state index in [2.05, 4.69) is 0 Å². The number of hydrogen-bond donors (Lipinski definition) is 1. The molecule has 3 nitrogen and oxygen atoms in total. The summed E-state index contributed by atoms with van der Waals surface area (Å²) in [5.41, 5.74) is 5.70. The average molecular weight is 286 g/mol. The Morgan fingerprint density at radius 2 is 2.06 bits per heavy atom. The number of furan rings is 1. The molecule has 0 fully saturated rings. The third-order valence-corrected chi connectivity index (χ3v) is 2.97. The molecule has 0 radical (unpaired) electrons. The van der Waals surface area contributed by atoms with Crippen LogP contribution in [-0.2, 0) is 0 Å². The van der Waals surface area contributed by atoms with Crippen molar-refractivity contribution in [1.82, 2.24) is 0 Å². The fourth-order valence-electron chi connectivity index (χ4n) is 1.57. The van der Waals surface area contributed by atoms with Crippen molar-refractivity contribution in [3.05, 3.63) is 52.4 Å². The van der Waals surface area contributed by atoms with Crippen LogP contribution in [0, 0.1) is 0 Å². The van der Waals surface area contributed by atoms with Gasteiger partial charge in [-0.1, -0.05) is 17.7 Å². The van der Waals surface area contributed by atoms with Crippen LogP contribution in [0.2, 0.25) is 10.2 Å². The van der Waals surface area contributed by atoms with Crippen molar-refractivity contribution in [1.29, 1.82) is 0 Å². The first-order valence-corrected chi connectivity index (χ1v) is 6.28. The van der Waals surface area contributed by atoms with Gasteiger partial charge in [0.1, 0.15) is 11.5 Å². The van der Waals surface area contributed by atoms with Gasteiger partial charge in [0, 0.05) is 11.6 Å². The van der Waals surface area contributed by atoms with Crippen molar-refractivity contribution in [3.63, 3.8) is 0 Å². The van der Waals surface area contributed by atoms with Gasteiger partial charge in [-0.2, -0.15) is 0 Å².